The highest BCUT2D eigenvalue weighted by atomic mass is 32.2. The Morgan fingerprint density at radius 2 is 1.76 bits per heavy atom. The number of unbranched alkanes of at least 4 members (excludes halogenated alkanes) is 1. The van der Waals surface area contributed by atoms with Crippen molar-refractivity contribution in [2.75, 3.05) is 12.9 Å². The molecule has 0 aliphatic rings. The van der Waals surface area contributed by atoms with Gasteiger partial charge in [0.05, 0.1) is 11.5 Å². The van der Waals surface area contributed by atoms with Gasteiger partial charge in [0.25, 0.3) is 0 Å². The van der Waals surface area contributed by atoms with Crippen LogP contribution in [0.3, 0.4) is 0 Å². The van der Waals surface area contributed by atoms with Gasteiger partial charge in [0.1, 0.15) is 23.7 Å². The Hall–Kier alpha value is -2.80. The number of carbonyl (C=O) groups excluding carboxylic acids is 1. The predicted octanol–water partition coefficient (Wildman–Crippen LogP) is 4.44. The molecule has 0 bridgehead atoms. The van der Waals surface area contributed by atoms with Gasteiger partial charge in [0.2, 0.25) is 0 Å². The topological polar surface area (TPSA) is 82.8 Å². The van der Waals surface area contributed by atoms with E-state index in [4.69, 9.17) is 13.9 Å². The van der Waals surface area contributed by atoms with Crippen molar-refractivity contribution in [2.24, 2.45) is 0 Å². The summed E-state index contributed by atoms with van der Waals surface area (Å²) in [5.41, 5.74) is 1.78. The lowest BCUT2D eigenvalue weighted by atomic mass is 10.1. The Bertz CT molecular complexity index is 1080. The van der Waals surface area contributed by atoms with Crippen molar-refractivity contribution < 1.29 is 27.1 Å². The normalized spacial score (nSPS) is 11.5. The Labute approximate surface area is 170 Å². The minimum absolute atomic E-state index is 0.128. The second-order valence-electron chi connectivity index (χ2n) is 6.86. The number of ether oxygens (including phenoxy) is 2. The number of fused-ring (bicyclic) bond motifs is 1. The predicted molar refractivity (Wildman–Crippen MR) is 110 cm³/mol. The van der Waals surface area contributed by atoms with Crippen LogP contribution < -0.4 is 4.74 Å². The number of carbonyl (C=O) groups is 1. The largest absolute Gasteiger partial charge is 0.494 e. The van der Waals surface area contributed by atoms with Crippen LogP contribution in [0.5, 0.6) is 5.75 Å². The highest BCUT2D eigenvalue weighted by molar-refractivity contribution is 7.90. The van der Waals surface area contributed by atoms with Gasteiger partial charge >= 0.3 is 5.97 Å². The van der Waals surface area contributed by atoms with E-state index in [9.17, 15) is 13.2 Å². The minimum atomic E-state index is -3.21. The summed E-state index contributed by atoms with van der Waals surface area (Å²) in [6.45, 7) is 2.52. The van der Waals surface area contributed by atoms with Crippen LogP contribution in [-0.2, 0) is 26.0 Å². The van der Waals surface area contributed by atoms with Crippen molar-refractivity contribution in [1.29, 1.82) is 0 Å². The standard InChI is InChI=1S/C22H24O6S/c1-16-19-7-3-4-8-20(19)28-21(16)15-27-22(23)9-5-6-14-26-17-10-12-18(13-11-17)29(2,24)25/h3-4,7-8,10-13H,5-6,9,14-15H2,1-2H3. The summed E-state index contributed by atoms with van der Waals surface area (Å²) in [5, 5.41) is 1.03. The van der Waals surface area contributed by atoms with Gasteiger partial charge in [-0.05, 0) is 50.1 Å². The maximum atomic E-state index is 11.9. The van der Waals surface area contributed by atoms with Crippen molar-refractivity contribution in [3.05, 3.63) is 59.9 Å². The first-order valence-electron chi connectivity index (χ1n) is 9.40. The Balaban J connectivity index is 1.36. The third kappa shape index (κ3) is 5.60. The second kappa shape index (κ2) is 9.13. The van der Waals surface area contributed by atoms with Crippen LogP contribution in [0.2, 0.25) is 0 Å². The molecule has 0 aliphatic carbocycles. The summed E-state index contributed by atoms with van der Waals surface area (Å²) in [4.78, 5) is 12.2. The SMILES string of the molecule is Cc1c(COC(=O)CCCCOc2ccc(S(C)(=O)=O)cc2)oc2ccccc12. The molecule has 0 atom stereocenters. The minimum Gasteiger partial charge on any atom is -0.494 e. The smallest absolute Gasteiger partial charge is 0.306 e. The van der Waals surface area contributed by atoms with E-state index in [1.54, 1.807) is 12.1 Å². The molecule has 1 heterocycles. The maximum absolute atomic E-state index is 11.9. The number of hydrogen-bond acceptors (Lipinski definition) is 6. The van der Waals surface area contributed by atoms with E-state index in [1.165, 1.54) is 12.1 Å². The van der Waals surface area contributed by atoms with E-state index in [-0.39, 0.29) is 17.5 Å². The molecule has 0 spiro atoms. The average molecular weight is 416 g/mol. The first-order chi connectivity index (χ1) is 13.8. The summed E-state index contributed by atoms with van der Waals surface area (Å²) in [6, 6.07) is 14.0. The van der Waals surface area contributed by atoms with Crippen molar-refractivity contribution in [2.45, 2.75) is 37.7 Å². The van der Waals surface area contributed by atoms with Crippen LogP contribution in [0.4, 0.5) is 0 Å². The van der Waals surface area contributed by atoms with Gasteiger partial charge in [-0.15, -0.1) is 0 Å². The molecule has 0 amide bonds. The molecule has 2 aromatic carbocycles. The third-order valence-electron chi connectivity index (χ3n) is 4.60. The van der Waals surface area contributed by atoms with Gasteiger partial charge in [-0.1, -0.05) is 18.2 Å². The molecule has 1 aromatic heterocycles. The van der Waals surface area contributed by atoms with E-state index >= 15 is 0 Å². The van der Waals surface area contributed by atoms with Crippen LogP contribution in [0, 0.1) is 6.92 Å². The summed E-state index contributed by atoms with van der Waals surface area (Å²) in [6.07, 6.45) is 2.79. The number of aryl methyl sites for hydroxylation is 1. The van der Waals surface area contributed by atoms with Gasteiger partial charge in [-0.2, -0.15) is 0 Å². The Morgan fingerprint density at radius 1 is 1.03 bits per heavy atom. The van der Waals surface area contributed by atoms with Gasteiger partial charge in [-0.25, -0.2) is 8.42 Å². The van der Waals surface area contributed by atoms with E-state index in [2.05, 4.69) is 0 Å². The zero-order valence-corrected chi connectivity index (χ0v) is 17.3. The summed E-state index contributed by atoms with van der Waals surface area (Å²) >= 11 is 0. The van der Waals surface area contributed by atoms with Crippen molar-refractivity contribution in [3.63, 3.8) is 0 Å². The molecular weight excluding hydrogens is 392 g/mol. The molecule has 0 fully saturated rings. The first-order valence-corrected chi connectivity index (χ1v) is 11.3. The highest BCUT2D eigenvalue weighted by Crippen LogP contribution is 2.25. The highest BCUT2D eigenvalue weighted by Gasteiger charge is 2.12. The lowest BCUT2D eigenvalue weighted by Crippen LogP contribution is -2.06. The van der Waals surface area contributed by atoms with Crippen LogP contribution in [0.15, 0.2) is 57.8 Å². The number of hydrogen-bond donors (Lipinski definition) is 0. The summed E-state index contributed by atoms with van der Waals surface area (Å²) in [5.74, 6) is 0.989. The first kappa shape index (κ1) is 20.9. The maximum Gasteiger partial charge on any atom is 0.306 e. The number of rotatable bonds is 9. The number of para-hydroxylation sites is 1. The van der Waals surface area contributed by atoms with E-state index < -0.39 is 9.84 Å². The molecule has 0 saturated heterocycles. The molecule has 154 valence electrons. The fourth-order valence-corrected chi connectivity index (χ4v) is 3.56. The van der Waals surface area contributed by atoms with Gasteiger partial charge in [0, 0.05) is 23.6 Å². The molecule has 3 aromatic rings. The van der Waals surface area contributed by atoms with Gasteiger partial charge < -0.3 is 13.9 Å². The molecule has 7 heteroatoms. The number of sulfone groups is 1. The molecule has 0 unspecified atom stereocenters. The lowest BCUT2D eigenvalue weighted by Gasteiger charge is -2.07. The number of furan rings is 1. The number of esters is 1. The van der Waals surface area contributed by atoms with E-state index in [1.807, 2.05) is 31.2 Å². The zero-order chi connectivity index (χ0) is 20.9. The van der Waals surface area contributed by atoms with Crippen molar-refractivity contribution in [1.82, 2.24) is 0 Å². The number of benzene rings is 2. The van der Waals surface area contributed by atoms with Crippen LogP contribution in [0.25, 0.3) is 11.0 Å². The van der Waals surface area contributed by atoms with Crippen molar-refractivity contribution >= 4 is 26.8 Å². The third-order valence-corrected chi connectivity index (χ3v) is 5.73. The Morgan fingerprint density at radius 3 is 2.45 bits per heavy atom. The Kier molecular flexibility index (Phi) is 6.59. The fourth-order valence-electron chi connectivity index (χ4n) is 2.93. The second-order valence-corrected chi connectivity index (χ2v) is 8.87. The van der Waals surface area contributed by atoms with Gasteiger partial charge in [0.15, 0.2) is 9.84 Å². The molecule has 6 nitrogen and oxygen atoms in total. The van der Waals surface area contributed by atoms with Crippen LogP contribution in [0.1, 0.15) is 30.6 Å². The van der Waals surface area contributed by atoms with Crippen molar-refractivity contribution in [3.8, 4) is 5.75 Å². The van der Waals surface area contributed by atoms with E-state index in [0.29, 0.717) is 37.4 Å². The lowest BCUT2D eigenvalue weighted by molar-refractivity contribution is -0.145. The average Bonchev–Trinajstić information content (AvgIpc) is 3.02. The molecule has 3 rings (SSSR count). The summed E-state index contributed by atoms with van der Waals surface area (Å²) in [7, 11) is -3.21. The zero-order valence-electron chi connectivity index (χ0n) is 16.5. The molecule has 0 N–H and O–H groups in total. The monoisotopic (exact) mass is 416 g/mol. The quantitative estimate of drug-likeness (QED) is 0.379. The summed E-state index contributed by atoms with van der Waals surface area (Å²) < 4.78 is 39.5. The molecule has 0 saturated carbocycles. The van der Waals surface area contributed by atoms with Crippen LogP contribution in [-0.4, -0.2) is 27.2 Å². The molecule has 0 aliphatic heterocycles. The van der Waals surface area contributed by atoms with Gasteiger partial charge in [-0.3, -0.25) is 4.79 Å². The fraction of sp³-hybridized carbons (Fsp3) is 0.318. The van der Waals surface area contributed by atoms with E-state index in [0.717, 1.165) is 22.8 Å². The molecule has 0 radical (unpaired) electrons. The molecule has 29 heavy (non-hydrogen) atoms. The molecular formula is C22H24O6S. The van der Waals surface area contributed by atoms with Crippen LogP contribution >= 0.6 is 0 Å².